The van der Waals surface area contributed by atoms with Gasteiger partial charge in [0, 0.05) is 61.7 Å². The standard InChI is InChI=1S/C18H24N6/c1-12-4-17(20-11-19-12)24-9-15-7-23(8-16(15)10-24)6-14-5-21-22-18(14)13-2-3-13/h4-5,11,13,15-16H,2-3,6-10H2,1H3,(H,21,22). The Morgan fingerprint density at radius 2 is 1.92 bits per heavy atom. The fraction of sp³-hybridized carbons (Fsp3) is 0.611. The van der Waals surface area contributed by atoms with E-state index in [1.807, 2.05) is 13.1 Å². The van der Waals surface area contributed by atoms with Crippen molar-refractivity contribution in [3.8, 4) is 0 Å². The highest BCUT2D eigenvalue weighted by Crippen LogP contribution is 2.41. The van der Waals surface area contributed by atoms with Gasteiger partial charge in [0.15, 0.2) is 0 Å². The van der Waals surface area contributed by atoms with Gasteiger partial charge in [-0.1, -0.05) is 0 Å². The lowest BCUT2D eigenvalue weighted by atomic mass is 10.0. The van der Waals surface area contributed by atoms with Crippen LogP contribution in [0.1, 0.15) is 35.7 Å². The molecule has 0 spiro atoms. The van der Waals surface area contributed by atoms with Crippen molar-refractivity contribution in [2.24, 2.45) is 11.8 Å². The molecule has 2 aromatic rings. The van der Waals surface area contributed by atoms with Gasteiger partial charge in [0.05, 0.1) is 6.20 Å². The lowest BCUT2D eigenvalue weighted by molar-refractivity contribution is 0.308. The second-order valence-corrected chi connectivity index (χ2v) is 7.72. The number of rotatable bonds is 4. The summed E-state index contributed by atoms with van der Waals surface area (Å²) >= 11 is 0. The van der Waals surface area contributed by atoms with Gasteiger partial charge in [-0.05, 0) is 31.6 Å². The van der Waals surface area contributed by atoms with Crippen LogP contribution < -0.4 is 4.90 Å². The van der Waals surface area contributed by atoms with Crippen LogP contribution in [-0.2, 0) is 6.54 Å². The minimum absolute atomic E-state index is 0.751. The van der Waals surface area contributed by atoms with Gasteiger partial charge in [0.1, 0.15) is 12.1 Å². The minimum Gasteiger partial charge on any atom is -0.356 e. The summed E-state index contributed by atoms with van der Waals surface area (Å²) in [6.45, 7) is 7.73. The van der Waals surface area contributed by atoms with Crippen LogP contribution in [-0.4, -0.2) is 51.2 Å². The van der Waals surface area contributed by atoms with E-state index in [9.17, 15) is 0 Å². The van der Waals surface area contributed by atoms with Crippen LogP contribution in [0, 0.1) is 18.8 Å². The van der Waals surface area contributed by atoms with Crippen molar-refractivity contribution < 1.29 is 0 Å². The molecule has 3 aliphatic rings. The van der Waals surface area contributed by atoms with Crippen molar-refractivity contribution in [2.45, 2.75) is 32.2 Å². The van der Waals surface area contributed by atoms with Crippen LogP contribution in [0.4, 0.5) is 5.82 Å². The van der Waals surface area contributed by atoms with E-state index in [0.29, 0.717) is 0 Å². The Hall–Kier alpha value is -1.95. The smallest absolute Gasteiger partial charge is 0.132 e. The molecule has 5 rings (SSSR count). The molecule has 2 aliphatic heterocycles. The summed E-state index contributed by atoms with van der Waals surface area (Å²) in [6, 6.07) is 2.10. The number of fused-ring (bicyclic) bond motifs is 1. The van der Waals surface area contributed by atoms with Crippen LogP contribution in [0.25, 0.3) is 0 Å². The zero-order chi connectivity index (χ0) is 16.1. The summed E-state index contributed by atoms with van der Waals surface area (Å²) < 4.78 is 0. The van der Waals surface area contributed by atoms with Gasteiger partial charge >= 0.3 is 0 Å². The highest BCUT2D eigenvalue weighted by Gasteiger charge is 2.40. The van der Waals surface area contributed by atoms with Crippen LogP contribution in [0.5, 0.6) is 0 Å². The molecule has 2 atom stereocenters. The summed E-state index contributed by atoms with van der Waals surface area (Å²) in [7, 11) is 0. The summed E-state index contributed by atoms with van der Waals surface area (Å²) in [4.78, 5) is 13.7. The number of aromatic nitrogens is 4. The third kappa shape index (κ3) is 2.59. The topological polar surface area (TPSA) is 60.9 Å². The lowest BCUT2D eigenvalue weighted by Crippen LogP contribution is -2.29. The van der Waals surface area contributed by atoms with Crippen LogP contribution in [0.3, 0.4) is 0 Å². The first kappa shape index (κ1) is 14.4. The minimum atomic E-state index is 0.751. The van der Waals surface area contributed by atoms with Gasteiger partial charge < -0.3 is 4.90 Å². The SMILES string of the molecule is Cc1cc(N2CC3CN(Cc4cn[nH]c4C4CC4)CC3C2)ncn1. The molecule has 2 unspecified atom stereocenters. The number of hydrogen-bond acceptors (Lipinski definition) is 5. The summed E-state index contributed by atoms with van der Waals surface area (Å²) in [5, 5.41) is 7.51. The van der Waals surface area contributed by atoms with Crippen molar-refractivity contribution in [2.75, 3.05) is 31.1 Å². The van der Waals surface area contributed by atoms with Crippen molar-refractivity contribution in [1.29, 1.82) is 0 Å². The maximum Gasteiger partial charge on any atom is 0.132 e. The molecule has 1 N–H and O–H groups in total. The van der Waals surface area contributed by atoms with Gasteiger partial charge in [-0.2, -0.15) is 5.10 Å². The van der Waals surface area contributed by atoms with Gasteiger partial charge in [-0.25, -0.2) is 9.97 Å². The predicted octanol–water partition coefficient (Wildman–Crippen LogP) is 1.95. The Labute approximate surface area is 142 Å². The van der Waals surface area contributed by atoms with Crippen LogP contribution in [0.15, 0.2) is 18.6 Å². The fourth-order valence-electron chi connectivity index (χ4n) is 4.43. The highest BCUT2D eigenvalue weighted by molar-refractivity contribution is 5.40. The molecule has 0 radical (unpaired) electrons. The van der Waals surface area contributed by atoms with E-state index in [0.717, 1.165) is 48.9 Å². The third-order valence-corrected chi connectivity index (χ3v) is 5.81. The molecule has 24 heavy (non-hydrogen) atoms. The molecule has 126 valence electrons. The Kier molecular flexibility index (Phi) is 3.33. The molecule has 1 aliphatic carbocycles. The predicted molar refractivity (Wildman–Crippen MR) is 91.8 cm³/mol. The fourth-order valence-corrected chi connectivity index (χ4v) is 4.43. The highest BCUT2D eigenvalue weighted by atomic mass is 15.3. The largest absolute Gasteiger partial charge is 0.356 e. The van der Waals surface area contributed by atoms with Gasteiger partial charge in [-0.3, -0.25) is 10.00 Å². The van der Waals surface area contributed by atoms with E-state index in [1.165, 1.54) is 37.2 Å². The maximum atomic E-state index is 4.46. The molecular weight excluding hydrogens is 300 g/mol. The van der Waals surface area contributed by atoms with Crippen molar-refractivity contribution in [1.82, 2.24) is 25.1 Å². The maximum absolute atomic E-state index is 4.46. The van der Waals surface area contributed by atoms with Gasteiger partial charge in [-0.15, -0.1) is 0 Å². The molecule has 1 saturated carbocycles. The lowest BCUT2D eigenvalue weighted by Gasteiger charge is -2.22. The number of anilines is 1. The molecule has 2 aromatic heterocycles. The number of aryl methyl sites for hydroxylation is 1. The number of hydrogen-bond donors (Lipinski definition) is 1. The molecule has 6 nitrogen and oxygen atoms in total. The molecule has 4 heterocycles. The van der Waals surface area contributed by atoms with E-state index < -0.39 is 0 Å². The first-order chi connectivity index (χ1) is 11.8. The second kappa shape index (κ2) is 5.55. The molecular formula is C18H24N6. The van der Waals surface area contributed by atoms with Gasteiger partial charge in [0.2, 0.25) is 0 Å². The quantitative estimate of drug-likeness (QED) is 0.931. The van der Waals surface area contributed by atoms with E-state index >= 15 is 0 Å². The normalized spacial score (nSPS) is 27.0. The zero-order valence-electron chi connectivity index (χ0n) is 14.1. The summed E-state index contributed by atoms with van der Waals surface area (Å²) in [5.74, 6) is 3.36. The Morgan fingerprint density at radius 3 is 2.62 bits per heavy atom. The first-order valence-electron chi connectivity index (χ1n) is 9.04. The van der Waals surface area contributed by atoms with Crippen molar-refractivity contribution >= 4 is 5.82 Å². The van der Waals surface area contributed by atoms with Crippen molar-refractivity contribution in [3.05, 3.63) is 35.5 Å². The molecule has 0 aromatic carbocycles. The van der Waals surface area contributed by atoms with Crippen LogP contribution in [0.2, 0.25) is 0 Å². The Bertz CT molecular complexity index is 723. The Balaban J connectivity index is 1.23. The molecule has 0 amide bonds. The number of H-pyrrole nitrogens is 1. The van der Waals surface area contributed by atoms with Crippen LogP contribution >= 0.6 is 0 Å². The monoisotopic (exact) mass is 324 g/mol. The second-order valence-electron chi connectivity index (χ2n) is 7.72. The number of nitrogens with zero attached hydrogens (tertiary/aromatic N) is 5. The third-order valence-electron chi connectivity index (χ3n) is 5.81. The summed E-state index contributed by atoms with van der Waals surface area (Å²) in [5.41, 5.74) is 3.86. The zero-order valence-corrected chi connectivity index (χ0v) is 14.1. The molecule has 2 saturated heterocycles. The number of aromatic amines is 1. The molecule has 6 heteroatoms. The molecule has 0 bridgehead atoms. The number of likely N-dealkylation sites (tertiary alicyclic amines) is 1. The average molecular weight is 324 g/mol. The van der Waals surface area contributed by atoms with Gasteiger partial charge in [0.25, 0.3) is 0 Å². The number of nitrogens with one attached hydrogen (secondary N) is 1. The van der Waals surface area contributed by atoms with E-state index in [2.05, 4.69) is 36.0 Å². The average Bonchev–Trinajstić information content (AvgIpc) is 3.00. The van der Waals surface area contributed by atoms with E-state index in [1.54, 1.807) is 6.33 Å². The first-order valence-corrected chi connectivity index (χ1v) is 9.04. The summed E-state index contributed by atoms with van der Waals surface area (Å²) in [6.07, 6.45) is 6.38. The van der Waals surface area contributed by atoms with Crippen molar-refractivity contribution in [3.63, 3.8) is 0 Å². The van der Waals surface area contributed by atoms with E-state index in [-0.39, 0.29) is 0 Å². The van der Waals surface area contributed by atoms with E-state index in [4.69, 9.17) is 0 Å². The Morgan fingerprint density at radius 1 is 1.12 bits per heavy atom. The molecule has 3 fully saturated rings.